The molecule has 0 bridgehead atoms. The van der Waals surface area contributed by atoms with Crippen LogP contribution in [0.15, 0.2) is 61.3 Å². The molecule has 0 radical (unpaired) electrons. The number of benzene rings is 1. The molecule has 0 aliphatic heterocycles. The fourth-order valence-corrected chi connectivity index (χ4v) is 2.23. The Balaban J connectivity index is 1.96. The van der Waals surface area contributed by atoms with E-state index in [-0.39, 0.29) is 12.1 Å². The maximum Gasteiger partial charge on any atom is 0.317 e. The molecule has 0 spiro atoms. The number of amides is 2. The first-order chi connectivity index (χ1) is 11.6. The number of aromatic nitrogens is 1. The van der Waals surface area contributed by atoms with Gasteiger partial charge in [-0.05, 0) is 25.1 Å². The van der Waals surface area contributed by atoms with Crippen LogP contribution in [0.4, 0.5) is 4.79 Å². The maximum atomic E-state index is 12.4. The normalized spacial score (nSPS) is 11.4. The Labute approximate surface area is 143 Å². The van der Waals surface area contributed by atoms with E-state index in [9.17, 15) is 4.79 Å². The minimum absolute atomic E-state index is 0.113. The van der Waals surface area contributed by atoms with Gasteiger partial charge in [0, 0.05) is 25.4 Å². The minimum Gasteiger partial charge on any atom is -0.489 e. The van der Waals surface area contributed by atoms with E-state index in [4.69, 9.17) is 4.74 Å². The standard InChI is InChI=1S/C19H23N3O2/c1-4-13-24-18-11-6-5-9-16(18)14-21-19(23)22(3)15(2)17-10-7-8-12-20-17/h4-12,15H,1,13-14H2,2-3H3,(H,21,23)/t15-/m1/s1. The Hall–Kier alpha value is -2.82. The number of pyridine rings is 1. The van der Waals surface area contributed by atoms with Crippen LogP contribution < -0.4 is 10.1 Å². The van der Waals surface area contributed by atoms with Crippen LogP contribution in [-0.4, -0.2) is 29.6 Å². The number of ether oxygens (including phenoxy) is 1. The van der Waals surface area contributed by atoms with Crippen LogP contribution in [0.3, 0.4) is 0 Å². The minimum atomic E-state index is -0.160. The molecule has 0 unspecified atom stereocenters. The average Bonchev–Trinajstić information content (AvgIpc) is 2.64. The number of nitrogens with zero attached hydrogens (tertiary/aromatic N) is 2. The molecule has 0 aliphatic rings. The van der Waals surface area contributed by atoms with E-state index in [1.807, 2.05) is 49.4 Å². The number of carbonyl (C=O) groups excluding carboxylic acids is 1. The fraction of sp³-hybridized carbons (Fsp3) is 0.263. The molecule has 1 atom stereocenters. The monoisotopic (exact) mass is 325 g/mol. The third-order valence-corrected chi connectivity index (χ3v) is 3.78. The molecule has 2 aromatic rings. The molecule has 0 saturated carbocycles. The lowest BCUT2D eigenvalue weighted by Crippen LogP contribution is -2.38. The van der Waals surface area contributed by atoms with Gasteiger partial charge in [0.1, 0.15) is 12.4 Å². The van der Waals surface area contributed by atoms with E-state index in [0.29, 0.717) is 13.2 Å². The summed E-state index contributed by atoms with van der Waals surface area (Å²) >= 11 is 0. The summed E-state index contributed by atoms with van der Waals surface area (Å²) in [4.78, 5) is 18.3. The Bertz CT molecular complexity index is 673. The van der Waals surface area contributed by atoms with E-state index in [1.165, 1.54) is 0 Å². The zero-order chi connectivity index (χ0) is 17.4. The average molecular weight is 325 g/mol. The van der Waals surface area contributed by atoms with Gasteiger partial charge in [0.15, 0.2) is 0 Å². The van der Waals surface area contributed by atoms with Crippen molar-refractivity contribution >= 4 is 6.03 Å². The van der Waals surface area contributed by atoms with Crippen LogP contribution >= 0.6 is 0 Å². The van der Waals surface area contributed by atoms with Crippen molar-refractivity contribution in [3.8, 4) is 5.75 Å². The highest BCUT2D eigenvalue weighted by Crippen LogP contribution is 2.19. The Morgan fingerprint density at radius 3 is 2.79 bits per heavy atom. The second kappa shape index (κ2) is 8.72. The smallest absolute Gasteiger partial charge is 0.317 e. The molecule has 1 N–H and O–H groups in total. The summed E-state index contributed by atoms with van der Waals surface area (Å²) in [5, 5.41) is 2.92. The molecule has 2 amide bonds. The van der Waals surface area contributed by atoms with Crippen molar-refractivity contribution in [3.63, 3.8) is 0 Å². The largest absolute Gasteiger partial charge is 0.489 e. The van der Waals surface area contributed by atoms with E-state index < -0.39 is 0 Å². The highest BCUT2D eigenvalue weighted by Gasteiger charge is 2.18. The molecule has 1 heterocycles. The van der Waals surface area contributed by atoms with Gasteiger partial charge in [-0.15, -0.1) is 0 Å². The van der Waals surface area contributed by atoms with Crippen molar-refractivity contribution in [2.75, 3.05) is 13.7 Å². The zero-order valence-corrected chi connectivity index (χ0v) is 14.1. The van der Waals surface area contributed by atoms with E-state index in [0.717, 1.165) is 17.0 Å². The highest BCUT2D eigenvalue weighted by atomic mass is 16.5. The van der Waals surface area contributed by atoms with Crippen molar-refractivity contribution in [2.24, 2.45) is 0 Å². The Morgan fingerprint density at radius 1 is 1.33 bits per heavy atom. The third-order valence-electron chi connectivity index (χ3n) is 3.78. The second-order valence-electron chi connectivity index (χ2n) is 5.41. The first-order valence-corrected chi connectivity index (χ1v) is 7.86. The summed E-state index contributed by atoms with van der Waals surface area (Å²) in [6, 6.07) is 13.0. The fourth-order valence-electron chi connectivity index (χ4n) is 2.23. The van der Waals surface area contributed by atoms with E-state index in [1.54, 1.807) is 24.2 Å². The van der Waals surface area contributed by atoms with Crippen LogP contribution in [0, 0.1) is 0 Å². The van der Waals surface area contributed by atoms with Crippen molar-refractivity contribution in [2.45, 2.75) is 19.5 Å². The summed E-state index contributed by atoms with van der Waals surface area (Å²) in [5.41, 5.74) is 1.77. The molecule has 0 saturated heterocycles. The molecular weight excluding hydrogens is 302 g/mol. The molecule has 2 rings (SSSR count). The summed E-state index contributed by atoms with van der Waals surface area (Å²) in [6.07, 6.45) is 3.42. The topological polar surface area (TPSA) is 54.5 Å². The summed E-state index contributed by atoms with van der Waals surface area (Å²) in [6.45, 7) is 6.42. The van der Waals surface area contributed by atoms with E-state index >= 15 is 0 Å². The van der Waals surface area contributed by atoms with Gasteiger partial charge in [-0.25, -0.2) is 4.79 Å². The number of nitrogens with one attached hydrogen (secondary N) is 1. The first kappa shape index (κ1) is 17.5. The van der Waals surface area contributed by atoms with Gasteiger partial charge in [-0.3, -0.25) is 4.98 Å². The van der Waals surface area contributed by atoms with Crippen LogP contribution in [0.5, 0.6) is 5.75 Å². The first-order valence-electron chi connectivity index (χ1n) is 7.86. The quantitative estimate of drug-likeness (QED) is 0.792. The zero-order valence-electron chi connectivity index (χ0n) is 14.1. The van der Waals surface area contributed by atoms with Gasteiger partial charge in [0.05, 0.1) is 11.7 Å². The number of para-hydroxylation sites is 1. The molecule has 0 fully saturated rings. The lowest BCUT2D eigenvalue weighted by molar-refractivity contribution is 0.193. The summed E-state index contributed by atoms with van der Waals surface area (Å²) < 4.78 is 5.60. The molecule has 1 aromatic carbocycles. The van der Waals surface area contributed by atoms with Gasteiger partial charge in [-0.1, -0.05) is 36.9 Å². The Kier molecular flexibility index (Phi) is 6.37. The van der Waals surface area contributed by atoms with Gasteiger partial charge < -0.3 is 15.0 Å². The van der Waals surface area contributed by atoms with Crippen molar-refractivity contribution in [3.05, 3.63) is 72.6 Å². The number of hydrogen-bond acceptors (Lipinski definition) is 3. The highest BCUT2D eigenvalue weighted by molar-refractivity contribution is 5.74. The molecule has 5 heteroatoms. The predicted octanol–water partition coefficient (Wildman–Crippen LogP) is 3.55. The summed E-state index contributed by atoms with van der Waals surface area (Å²) in [5.74, 6) is 0.748. The van der Waals surface area contributed by atoms with Gasteiger partial charge in [0.25, 0.3) is 0 Å². The Morgan fingerprint density at radius 2 is 2.08 bits per heavy atom. The van der Waals surface area contributed by atoms with Crippen molar-refractivity contribution < 1.29 is 9.53 Å². The molecule has 1 aromatic heterocycles. The number of rotatable bonds is 7. The molecule has 24 heavy (non-hydrogen) atoms. The van der Waals surface area contributed by atoms with Gasteiger partial charge in [-0.2, -0.15) is 0 Å². The SMILES string of the molecule is C=CCOc1ccccc1CNC(=O)N(C)[C@H](C)c1ccccn1. The van der Waals surface area contributed by atoms with E-state index in [2.05, 4.69) is 16.9 Å². The summed E-state index contributed by atoms with van der Waals surface area (Å²) in [7, 11) is 1.76. The number of urea groups is 1. The molecule has 126 valence electrons. The van der Waals surface area contributed by atoms with Crippen LogP contribution in [0.2, 0.25) is 0 Å². The second-order valence-corrected chi connectivity index (χ2v) is 5.41. The molecular formula is C19H23N3O2. The maximum absolute atomic E-state index is 12.4. The lowest BCUT2D eigenvalue weighted by Gasteiger charge is -2.25. The van der Waals surface area contributed by atoms with Gasteiger partial charge in [0.2, 0.25) is 0 Å². The third kappa shape index (κ3) is 4.59. The van der Waals surface area contributed by atoms with Gasteiger partial charge >= 0.3 is 6.03 Å². The number of hydrogen-bond donors (Lipinski definition) is 1. The van der Waals surface area contributed by atoms with Crippen LogP contribution in [0.25, 0.3) is 0 Å². The number of carbonyl (C=O) groups is 1. The van der Waals surface area contributed by atoms with Crippen molar-refractivity contribution in [1.82, 2.24) is 15.2 Å². The van der Waals surface area contributed by atoms with Crippen molar-refractivity contribution in [1.29, 1.82) is 0 Å². The lowest BCUT2D eigenvalue weighted by atomic mass is 10.2. The molecule has 5 nitrogen and oxygen atoms in total. The predicted molar refractivity (Wildman–Crippen MR) is 94.8 cm³/mol. The molecule has 0 aliphatic carbocycles. The van der Waals surface area contributed by atoms with Crippen LogP contribution in [-0.2, 0) is 6.54 Å². The van der Waals surface area contributed by atoms with Crippen LogP contribution in [0.1, 0.15) is 24.2 Å².